The zero-order chi connectivity index (χ0) is 13.2. The Bertz CT molecular complexity index is 702. The SMILES string of the molecule is CCn1ccc(CNc2c(Cl)ccc3scnc23)c1. The van der Waals surface area contributed by atoms with E-state index in [2.05, 4.69) is 40.3 Å². The van der Waals surface area contributed by atoms with Crippen LogP contribution in [0, 0.1) is 0 Å². The highest BCUT2D eigenvalue weighted by molar-refractivity contribution is 7.16. The molecule has 0 fully saturated rings. The van der Waals surface area contributed by atoms with Crippen LogP contribution in [0.1, 0.15) is 12.5 Å². The molecule has 1 N–H and O–H groups in total. The Morgan fingerprint density at radius 3 is 3.05 bits per heavy atom. The molecule has 2 aromatic heterocycles. The molecule has 1 aromatic carbocycles. The van der Waals surface area contributed by atoms with E-state index in [1.807, 2.05) is 17.6 Å². The molecule has 98 valence electrons. The Kier molecular flexibility index (Phi) is 3.44. The summed E-state index contributed by atoms with van der Waals surface area (Å²) in [5.74, 6) is 0. The number of benzene rings is 1. The molecular formula is C14H14ClN3S. The van der Waals surface area contributed by atoms with Crippen LogP contribution in [-0.4, -0.2) is 9.55 Å². The second-order valence-electron chi connectivity index (χ2n) is 4.33. The topological polar surface area (TPSA) is 29.9 Å². The van der Waals surface area contributed by atoms with Crippen molar-refractivity contribution in [1.29, 1.82) is 0 Å². The van der Waals surface area contributed by atoms with Crippen molar-refractivity contribution in [2.75, 3.05) is 5.32 Å². The number of fused-ring (bicyclic) bond motifs is 1. The maximum atomic E-state index is 6.26. The summed E-state index contributed by atoms with van der Waals surface area (Å²) in [6.45, 7) is 3.87. The van der Waals surface area contributed by atoms with Crippen molar-refractivity contribution in [2.45, 2.75) is 20.0 Å². The van der Waals surface area contributed by atoms with E-state index in [0.717, 1.165) is 29.0 Å². The van der Waals surface area contributed by atoms with E-state index < -0.39 is 0 Å². The summed E-state index contributed by atoms with van der Waals surface area (Å²) in [6, 6.07) is 6.04. The van der Waals surface area contributed by atoms with Gasteiger partial charge in [-0.1, -0.05) is 11.6 Å². The molecule has 3 aromatic rings. The highest BCUT2D eigenvalue weighted by Crippen LogP contribution is 2.32. The molecule has 0 amide bonds. The molecule has 0 saturated heterocycles. The number of thiazole rings is 1. The van der Waals surface area contributed by atoms with Crippen LogP contribution in [0.25, 0.3) is 10.2 Å². The maximum Gasteiger partial charge on any atom is 0.106 e. The van der Waals surface area contributed by atoms with Crippen molar-refractivity contribution in [3.8, 4) is 0 Å². The largest absolute Gasteiger partial charge is 0.378 e. The van der Waals surface area contributed by atoms with Crippen LogP contribution in [0.2, 0.25) is 5.02 Å². The summed E-state index contributed by atoms with van der Waals surface area (Å²) in [5.41, 5.74) is 4.96. The van der Waals surface area contributed by atoms with Crippen LogP contribution in [0.3, 0.4) is 0 Å². The molecule has 3 rings (SSSR count). The Labute approximate surface area is 120 Å². The molecule has 0 bridgehead atoms. The summed E-state index contributed by atoms with van der Waals surface area (Å²) >= 11 is 7.88. The lowest BCUT2D eigenvalue weighted by Crippen LogP contribution is -2.00. The number of anilines is 1. The smallest absolute Gasteiger partial charge is 0.106 e. The van der Waals surface area contributed by atoms with Crippen LogP contribution in [-0.2, 0) is 13.1 Å². The second-order valence-corrected chi connectivity index (χ2v) is 5.62. The Morgan fingerprint density at radius 1 is 1.37 bits per heavy atom. The number of aromatic nitrogens is 2. The molecule has 0 unspecified atom stereocenters. The van der Waals surface area contributed by atoms with Crippen molar-refractivity contribution in [2.24, 2.45) is 0 Å². The van der Waals surface area contributed by atoms with Gasteiger partial charge < -0.3 is 9.88 Å². The first-order valence-electron chi connectivity index (χ1n) is 6.18. The molecular weight excluding hydrogens is 278 g/mol. The number of hydrogen-bond acceptors (Lipinski definition) is 3. The van der Waals surface area contributed by atoms with Gasteiger partial charge in [0, 0.05) is 25.5 Å². The van der Waals surface area contributed by atoms with Crippen LogP contribution in [0.4, 0.5) is 5.69 Å². The van der Waals surface area contributed by atoms with E-state index in [1.54, 1.807) is 11.3 Å². The monoisotopic (exact) mass is 291 g/mol. The fraction of sp³-hybridized carbons (Fsp3) is 0.214. The van der Waals surface area contributed by atoms with Gasteiger partial charge in [-0.3, -0.25) is 0 Å². The van der Waals surface area contributed by atoms with E-state index in [-0.39, 0.29) is 0 Å². The lowest BCUT2D eigenvalue weighted by molar-refractivity contribution is 0.766. The maximum absolute atomic E-state index is 6.26. The summed E-state index contributed by atoms with van der Waals surface area (Å²) in [7, 11) is 0. The Hall–Kier alpha value is -1.52. The van der Waals surface area contributed by atoms with E-state index in [0.29, 0.717) is 5.02 Å². The molecule has 3 nitrogen and oxygen atoms in total. The van der Waals surface area contributed by atoms with Gasteiger partial charge in [0.1, 0.15) is 5.52 Å². The van der Waals surface area contributed by atoms with Gasteiger partial charge >= 0.3 is 0 Å². The van der Waals surface area contributed by atoms with Gasteiger partial charge in [0.15, 0.2) is 0 Å². The van der Waals surface area contributed by atoms with E-state index in [1.165, 1.54) is 5.56 Å². The number of nitrogens with zero attached hydrogens (tertiary/aromatic N) is 2. The minimum absolute atomic E-state index is 0.716. The lowest BCUT2D eigenvalue weighted by Gasteiger charge is -2.08. The molecule has 0 aliphatic rings. The summed E-state index contributed by atoms with van der Waals surface area (Å²) in [4.78, 5) is 4.38. The highest BCUT2D eigenvalue weighted by atomic mass is 35.5. The number of hydrogen-bond donors (Lipinski definition) is 1. The number of rotatable bonds is 4. The Morgan fingerprint density at radius 2 is 2.26 bits per heavy atom. The molecule has 0 radical (unpaired) electrons. The van der Waals surface area contributed by atoms with Crippen LogP contribution < -0.4 is 5.32 Å². The minimum atomic E-state index is 0.716. The number of halogens is 1. The highest BCUT2D eigenvalue weighted by Gasteiger charge is 2.08. The molecule has 0 saturated carbocycles. The average molecular weight is 292 g/mol. The third kappa shape index (κ3) is 2.46. The van der Waals surface area contributed by atoms with Crippen LogP contribution in [0.5, 0.6) is 0 Å². The Balaban J connectivity index is 1.84. The van der Waals surface area contributed by atoms with Crippen molar-refractivity contribution in [3.63, 3.8) is 0 Å². The number of nitrogens with one attached hydrogen (secondary N) is 1. The van der Waals surface area contributed by atoms with Gasteiger partial charge in [-0.05, 0) is 30.7 Å². The molecule has 0 atom stereocenters. The van der Waals surface area contributed by atoms with E-state index in [9.17, 15) is 0 Å². The molecule has 0 aliphatic heterocycles. The molecule has 0 aliphatic carbocycles. The van der Waals surface area contributed by atoms with Crippen molar-refractivity contribution in [3.05, 3.63) is 46.7 Å². The summed E-state index contributed by atoms with van der Waals surface area (Å²) in [6.07, 6.45) is 4.23. The third-order valence-corrected chi connectivity index (χ3v) is 4.21. The van der Waals surface area contributed by atoms with Gasteiger partial charge in [0.25, 0.3) is 0 Å². The van der Waals surface area contributed by atoms with Crippen LogP contribution in [0.15, 0.2) is 36.1 Å². The zero-order valence-electron chi connectivity index (χ0n) is 10.6. The third-order valence-electron chi connectivity index (χ3n) is 3.10. The first-order valence-corrected chi connectivity index (χ1v) is 7.44. The molecule has 19 heavy (non-hydrogen) atoms. The molecule has 0 spiro atoms. The molecule has 2 heterocycles. The van der Waals surface area contributed by atoms with Gasteiger partial charge in [0.05, 0.1) is 20.9 Å². The van der Waals surface area contributed by atoms with Crippen molar-refractivity contribution >= 4 is 38.8 Å². The van der Waals surface area contributed by atoms with Crippen molar-refractivity contribution in [1.82, 2.24) is 9.55 Å². The lowest BCUT2D eigenvalue weighted by atomic mass is 10.2. The summed E-state index contributed by atoms with van der Waals surface area (Å²) < 4.78 is 3.31. The fourth-order valence-corrected chi connectivity index (χ4v) is 2.96. The first kappa shape index (κ1) is 12.5. The zero-order valence-corrected chi connectivity index (χ0v) is 12.1. The average Bonchev–Trinajstić information content (AvgIpc) is 3.05. The van der Waals surface area contributed by atoms with Gasteiger partial charge in [-0.2, -0.15) is 0 Å². The quantitative estimate of drug-likeness (QED) is 0.773. The van der Waals surface area contributed by atoms with Crippen molar-refractivity contribution < 1.29 is 0 Å². The minimum Gasteiger partial charge on any atom is -0.378 e. The van der Waals surface area contributed by atoms with Gasteiger partial charge in [0.2, 0.25) is 0 Å². The standard InChI is InChI=1S/C14H14ClN3S/c1-2-18-6-5-10(8-18)7-16-13-11(15)3-4-12-14(13)17-9-19-12/h3-6,8-9,16H,2,7H2,1H3. The first-order chi connectivity index (χ1) is 9.28. The molecule has 5 heteroatoms. The van der Waals surface area contributed by atoms with E-state index in [4.69, 9.17) is 11.6 Å². The summed E-state index contributed by atoms with van der Waals surface area (Å²) in [5, 5.41) is 4.11. The van der Waals surface area contributed by atoms with Crippen LogP contribution >= 0.6 is 22.9 Å². The van der Waals surface area contributed by atoms with Gasteiger partial charge in [-0.25, -0.2) is 4.98 Å². The fourth-order valence-electron chi connectivity index (χ4n) is 2.06. The number of aryl methyl sites for hydroxylation is 1. The predicted octanol–water partition coefficient (Wildman–Crippen LogP) is 4.38. The van der Waals surface area contributed by atoms with E-state index >= 15 is 0 Å². The predicted molar refractivity (Wildman–Crippen MR) is 82.1 cm³/mol. The normalized spacial score (nSPS) is 11.1. The van der Waals surface area contributed by atoms with Gasteiger partial charge in [-0.15, -0.1) is 11.3 Å². The second kappa shape index (κ2) is 5.23.